The van der Waals surface area contributed by atoms with Crippen molar-refractivity contribution in [3.8, 4) is 17.6 Å². The Morgan fingerprint density at radius 1 is 1.41 bits per heavy atom. The molecule has 0 aliphatic carbocycles. The van der Waals surface area contributed by atoms with Gasteiger partial charge in [-0.3, -0.25) is 0 Å². The van der Waals surface area contributed by atoms with Crippen LogP contribution in [0.1, 0.15) is 18.9 Å². The van der Waals surface area contributed by atoms with Gasteiger partial charge >= 0.3 is 0 Å². The number of hydrogen-bond acceptors (Lipinski definition) is 4. The van der Waals surface area contributed by atoms with E-state index in [0.29, 0.717) is 18.8 Å². The minimum atomic E-state index is 0.387. The predicted molar refractivity (Wildman–Crippen MR) is 69.9 cm³/mol. The first-order chi connectivity index (χ1) is 8.26. The van der Waals surface area contributed by atoms with E-state index in [1.807, 2.05) is 18.4 Å². The van der Waals surface area contributed by atoms with Gasteiger partial charge in [0.15, 0.2) is 11.5 Å². The smallest absolute Gasteiger partial charge is 0.174 e. The number of rotatable bonds is 6. The van der Waals surface area contributed by atoms with Gasteiger partial charge in [-0.15, -0.1) is 11.8 Å². The maximum atomic E-state index is 8.73. The molecule has 0 spiro atoms. The van der Waals surface area contributed by atoms with Crippen molar-refractivity contribution in [1.29, 1.82) is 5.26 Å². The molecule has 0 amide bonds. The summed E-state index contributed by atoms with van der Waals surface area (Å²) in [5.41, 5.74) is 0.956. The highest BCUT2D eigenvalue weighted by molar-refractivity contribution is 7.98. The lowest BCUT2D eigenvalue weighted by Gasteiger charge is -2.14. The summed E-state index contributed by atoms with van der Waals surface area (Å²) >= 11 is 1.60. The quantitative estimate of drug-likeness (QED) is 0.728. The van der Waals surface area contributed by atoms with Gasteiger partial charge in [0.25, 0.3) is 0 Å². The highest BCUT2D eigenvalue weighted by Gasteiger charge is 2.12. The molecule has 1 aromatic rings. The van der Waals surface area contributed by atoms with E-state index in [2.05, 4.69) is 13.0 Å². The van der Waals surface area contributed by atoms with Crippen LogP contribution in [0.2, 0.25) is 0 Å². The van der Waals surface area contributed by atoms with Crippen LogP contribution in [-0.2, 0) is 6.42 Å². The Kier molecular flexibility index (Phi) is 5.71. The highest BCUT2D eigenvalue weighted by Crippen LogP contribution is 2.38. The Morgan fingerprint density at radius 3 is 2.71 bits per heavy atom. The topological polar surface area (TPSA) is 42.2 Å². The van der Waals surface area contributed by atoms with E-state index in [1.54, 1.807) is 18.9 Å². The molecule has 1 aromatic carbocycles. The average Bonchev–Trinajstić information content (AvgIpc) is 2.36. The molecule has 0 saturated heterocycles. The maximum absolute atomic E-state index is 8.73. The Bertz CT molecular complexity index is 387. The Balaban J connectivity index is 3.12. The molecule has 1 rings (SSSR count). The molecular weight excluding hydrogens is 234 g/mol. The summed E-state index contributed by atoms with van der Waals surface area (Å²) in [6, 6.07) is 6.00. The number of hydrogen-bond donors (Lipinski definition) is 0. The molecule has 4 heteroatoms. The molecule has 0 heterocycles. The summed E-state index contributed by atoms with van der Waals surface area (Å²) in [4.78, 5) is 1.02. The minimum absolute atomic E-state index is 0.387. The molecule has 0 aromatic heterocycles. The molecule has 17 heavy (non-hydrogen) atoms. The van der Waals surface area contributed by atoms with Gasteiger partial charge in [-0.2, -0.15) is 5.26 Å². The van der Waals surface area contributed by atoms with Gasteiger partial charge in [-0.1, -0.05) is 6.92 Å². The van der Waals surface area contributed by atoms with E-state index < -0.39 is 0 Å². The van der Waals surface area contributed by atoms with Gasteiger partial charge in [0.05, 0.1) is 31.1 Å². The monoisotopic (exact) mass is 251 g/mol. The van der Waals surface area contributed by atoms with Crippen molar-refractivity contribution in [3.05, 3.63) is 17.7 Å². The van der Waals surface area contributed by atoms with Gasteiger partial charge in [0.1, 0.15) is 0 Å². The molecule has 0 fully saturated rings. The summed E-state index contributed by atoms with van der Waals surface area (Å²) in [6.07, 6.45) is 3.33. The molecule has 0 saturated carbocycles. The van der Waals surface area contributed by atoms with Crippen molar-refractivity contribution in [2.75, 3.05) is 20.0 Å². The van der Waals surface area contributed by atoms with Crippen LogP contribution in [0.15, 0.2) is 17.0 Å². The molecule has 0 N–H and O–H groups in total. The number of nitrogens with zero attached hydrogens (tertiary/aromatic N) is 1. The lowest BCUT2D eigenvalue weighted by molar-refractivity contribution is 0.287. The third-order valence-corrected chi connectivity index (χ3v) is 3.00. The van der Waals surface area contributed by atoms with E-state index in [-0.39, 0.29) is 0 Å². The molecule has 0 aliphatic rings. The number of methoxy groups -OCH3 is 1. The lowest BCUT2D eigenvalue weighted by Crippen LogP contribution is -2.00. The molecule has 0 unspecified atom stereocenters. The van der Waals surface area contributed by atoms with E-state index in [0.717, 1.165) is 22.6 Å². The lowest BCUT2D eigenvalue weighted by atomic mass is 10.1. The van der Waals surface area contributed by atoms with E-state index in [4.69, 9.17) is 14.7 Å². The van der Waals surface area contributed by atoms with Gasteiger partial charge in [-0.05, 0) is 30.4 Å². The third-order valence-electron chi connectivity index (χ3n) is 2.25. The van der Waals surface area contributed by atoms with Crippen LogP contribution in [0.5, 0.6) is 11.5 Å². The van der Waals surface area contributed by atoms with E-state index >= 15 is 0 Å². The second-order valence-corrected chi connectivity index (χ2v) is 4.36. The van der Waals surface area contributed by atoms with Crippen molar-refractivity contribution in [3.63, 3.8) is 0 Å². The SMILES string of the molecule is CCCOc1c(OC)cc(CC#N)cc1SC. The van der Waals surface area contributed by atoms with Gasteiger partial charge in [0, 0.05) is 0 Å². The fourth-order valence-electron chi connectivity index (χ4n) is 1.47. The first kappa shape index (κ1) is 13.7. The van der Waals surface area contributed by atoms with Crippen molar-refractivity contribution in [2.45, 2.75) is 24.7 Å². The number of nitriles is 1. The van der Waals surface area contributed by atoms with Crippen molar-refractivity contribution >= 4 is 11.8 Å². The van der Waals surface area contributed by atoms with Gasteiger partial charge in [0.2, 0.25) is 0 Å². The molecule has 0 atom stereocenters. The average molecular weight is 251 g/mol. The van der Waals surface area contributed by atoms with Gasteiger partial charge < -0.3 is 9.47 Å². The van der Waals surface area contributed by atoms with Crippen LogP contribution in [0.4, 0.5) is 0 Å². The van der Waals surface area contributed by atoms with Gasteiger partial charge in [-0.25, -0.2) is 0 Å². The zero-order valence-electron chi connectivity index (χ0n) is 10.4. The summed E-state index contributed by atoms with van der Waals surface area (Å²) in [5.74, 6) is 1.49. The van der Waals surface area contributed by atoms with E-state index in [9.17, 15) is 0 Å². The van der Waals surface area contributed by atoms with Crippen LogP contribution in [-0.4, -0.2) is 20.0 Å². The normalized spacial score (nSPS) is 9.76. The second-order valence-electron chi connectivity index (χ2n) is 3.51. The second kappa shape index (κ2) is 7.08. The van der Waals surface area contributed by atoms with E-state index in [1.165, 1.54) is 0 Å². The predicted octanol–water partition coefficient (Wildman–Crippen LogP) is 3.27. The zero-order chi connectivity index (χ0) is 12.7. The van der Waals surface area contributed by atoms with Crippen molar-refractivity contribution < 1.29 is 9.47 Å². The number of ether oxygens (including phenoxy) is 2. The molecular formula is C13H17NO2S. The molecule has 0 aliphatic heterocycles. The fourth-order valence-corrected chi connectivity index (χ4v) is 2.09. The molecule has 0 radical (unpaired) electrons. The highest BCUT2D eigenvalue weighted by atomic mass is 32.2. The number of benzene rings is 1. The van der Waals surface area contributed by atoms with Crippen molar-refractivity contribution in [2.24, 2.45) is 0 Å². The first-order valence-electron chi connectivity index (χ1n) is 5.51. The van der Waals surface area contributed by atoms with Crippen LogP contribution < -0.4 is 9.47 Å². The van der Waals surface area contributed by atoms with Crippen LogP contribution in [0.3, 0.4) is 0 Å². The molecule has 92 valence electrons. The standard InChI is InChI=1S/C13H17NO2S/c1-4-7-16-13-11(15-2)8-10(5-6-14)9-12(13)17-3/h8-9H,4-5,7H2,1-3H3. The van der Waals surface area contributed by atoms with Crippen LogP contribution in [0, 0.1) is 11.3 Å². The minimum Gasteiger partial charge on any atom is -0.493 e. The summed E-state index contributed by atoms with van der Waals surface area (Å²) < 4.78 is 11.0. The fraction of sp³-hybridized carbons (Fsp3) is 0.462. The summed E-state index contributed by atoms with van der Waals surface area (Å²) in [7, 11) is 1.62. The van der Waals surface area contributed by atoms with Crippen LogP contribution in [0.25, 0.3) is 0 Å². The summed E-state index contributed by atoms with van der Waals surface area (Å²) in [6.45, 7) is 2.73. The Labute approximate surface area is 107 Å². The first-order valence-corrected chi connectivity index (χ1v) is 6.73. The molecule has 3 nitrogen and oxygen atoms in total. The van der Waals surface area contributed by atoms with Crippen molar-refractivity contribution in [1.82, 2.24) is 0 Å². The molecule has 0 bridgehead atoms. The Morgan fingerprint density at radius 2 is 2.18 bits per heavy atom. The zero-order valence-corrected chi connectivity index (χ0v) is 11.3. The maximum Gasteiger partial charge on any atom is 0.174 e. The van der Waals surface area contributed by atoms with Crippen LogP contribution >= 0.6 is 11.8 Å². The Hall–Kier alpha value is -1.34. The largest absolute Gasteiger partial charge is 0.493 e. The summed E-state index contributed by atoms with van der Waals surface area (Å²) in [5, 5.41) is 8.73. The number of thioether (sulfide) groups is 1. The third kappa shape index (κ3) is 3.57.